The van der Waals surface area contributed by atoms with Crippen molar-refractivity contribution in [2.75, 3.05) is 11.4 Å². The topological polar surface area (TPSA) is 58.6 Å². The van der Waals surface area contributed by atoms with Gasteiger partial charge in [0.25, 0.3) is 5.91 Å². The van der Waals surface area contributed by atoms with Gasteiger partial charge in [0.2, 0.25) is 5.91 Å². The second kappa shape index (κ2) is 7.84. The third kappa shape index (κ3) is 3.91. The van der Waals surface area contributed by atoms with Crippen molar-refractivity contribution < 1.29 is 18.7 Å². The van der Waals surface area contributed by atoms with Gasteiger partial charge in [-0.05, 0) is 48.7 Å². The number of para-hydroxylation sites is 2. The highest BCUT2D eigenvalue weighted by Gasteiger charge is 2.32. The fourth-order valence-electron chi connectivity index (χ4n) is 3.65. The Bertz CT molecular complexity index is 935. The Morgan fingerprint density at radius 3 is 2.75 bits per heavy atom. The van der Waals surface area contributed by atoms with Crippen LogP contribution in [0.4, 0.5) is 10.1 Å². The van der Waals surface area contributed by atoms with Crippen LogP contribution in [0.15, 0.2) is 54.3 Å². The van der Waals surface area contributed by atoms with Crippen molar-refractivity contribution in [1.29, 1.82) is 0 Å². The van der Waals surface area contributed by atoms with Crippen LogP contribution in [-0.4, -0.2) is 24.4 Å². The Labute approximate surface area is 162 Å². The summed E-state index contributed by atoms with van der Waals surface area (Å²) in [7, 11) is 0. The van der Waals surface area contributed by atoms with Crippen molar-refractivity contribution in [1.82, 2.24) is 5.32 Å². The average molecular weight is 380 g/mol. The van der Waals surface area contributed by atoms with Crippen LogP contribution in [0.2, 0.25) is 0 Å². The quantitative estimate of drug-likeness (QED) is 0.824. The Morgan fingerprint density at radius 2 is 1.96 bits per heavy atom. The molecule has 1 saturated carbocycles. The first kappa shape index (κ1) is 18.2. The molecule has 1 aliphatic carbocycles. The predicted octanol–water partition coefficient (Wildman–Crippen LogP) is 3.65. The first-order chi connectivity index (χ1) is 13.6. The van der Waals surface area contributed by atoms with Gasteiger partial charge < -0.3 is 10.1 Å². The number of nitrogens with one attached hydrogen (secondary N) is 1. The molecule has 28 heavy (non-hydrogen) atoms. The number of benzene rings is 2. The minimum atomic E-state index is -0.426. The monoisotopic (exact) mass is 380 g/mol. The smallest absolute Gasteiger partial charge is 0.294 e. The third-order valence-corrected chi connectivity index (χ3v) is 5.00. The zero-order valence-electron chi connectivity index (χ0n) is 15.4. The van der Waals surface area contributed by atoms with Crippen molar-refractivity contribution in [3.05, 3.63) is 65.7 Å². The predicted molar refractivity (Wildman–Crippen MR) is 104 cm³/mol. The summed E-state index contributed by atoms with van der Waals surface area (Å²) in [6.07, 6.45) is 5.67. The van der Waals surface area contributed by atoms with E-state index in [2.05, 4.69) is 5.32 Å². The van der Waals surface area contributed by atoms with Gasteiger partial charge in [0.15, 0.2) is 11.5 Å². The summed E-state index contributed by atoms with van der Waals surface area (Å²) in [5.74, 6) is -0.478. The van der Waals surface area contributed by atoms with E-state index in [-0.39, 0.29) is 24.3 Å². The maximum absolute atomic E-state index is 13.5. The summed E-state index contributed by atoms with van der Waals surface area (Å²) >= 11 is 0. The van der Waals surface area contributed by atoms with Gasteiger partial charge in [-0.2, -0.15) is 0 Å². The molecule has 4 rings (SSSR count). The Hall–Kier alpha value is -3.15. The van der Waals surface area contributed by atoms with Gasteiger partial charge in [-0.3, -0.25) is 14.5 Å². The molecule has 144 valence electrons. The molecule has 1 N–H and O–H groups in total. The Balaban J connectivity index is 1.60. The van der Waals surface area contributed by atoms with E-state index in [0.29, 0.717) is 17.0 Å². The molecule has 1 aliphatic heterocycles. The molecule has 0 radical (unpaired) electrons. The maximum atomic E-state index is 13.5. The summed E-state index contributed by atoms with van der Waals surface area (Å²) in [6.45, 7) is -0.0871. The normalized spacial score (nSPS) is 18.1. The summed E-state index contributed by atoms with van der Waals surface area (Å²) < 4.78 is 19.2. The fourth-order valence-corrected chi connectivity index (χ4v) is 3.65. The molecule has 0 bridgehead atoms. The number of ether oxygens (including phenoxy) is 1. The fraction of sp³-hybridized carbons (Fsp3) is 0.273. The van der Waals surface area contributed by atoms with Crippen molar-refractivity contribution in [2.45, 2.75) is 31.7 Å². The molecule has 2 amide bonds. The summed E-state index contributed by atoms with van der Waals surface area (Å²) in [6, 6.07) is 13.2. The lowest BCUT2D eigenvalue weighted by molar-refractivity contribution is -0.123. The summed E-state index contributed by atoms with van der Waals surface area (Å²) in [5.41, 5.74) is 1.06. The molecule has 0 saturated heterocycles. The van der Waals surface area contributed by atoms with Crippen molar-refractivity contribution >= 4 is 23.6 Å². The first-order valence-electron chi connectivity index (χ1n) is 9.45. The second-order valence-electron chi connectivity index (χ2n) is 7.07. The average Bonchev–Trinajstić information content (AvgIpc) is 3.18. The molecule has 6 heteroatoms. The van der Waals surface area contributed by atoms with Crippen LogP contribution in [0.25, 0.3) is 6.08 Å². The highest BCUT2D eigenvalue weighted by atomic mass is 19.1. The van der Waals surface area contributed by atoms with E-state index in [1.165, 1.54) is 23.1 Å². The highest BCUT2D eigenvalue weighted by molar-refractivity contribution is 6.12. The van der Waals surface area contributed by atoms with Crippen LogP contribution >= 0.6 is 0 Å². The van der Waals surface area contributed by atoms with Gasteiger partial charge in [0.05, 0.1) is 5.69 Å². The van der Waals surface area contributed by atoms with Gasteiger partial charge in [0.1, 0.15) is 12.4 Å². The molecule has 0 spiro atoms. The van der Waals surface area contributed by atoms with E-state index in [1.807, 2.05) is 0 Å². The minimum Gasteiger partial charge on any atom is -0.449 e. The second-order valence-corrected chi connectivity index (χ2v) is 7.07. The summed E-state index contributed by atoms with van der Waals surface area (Å²) in [5, 5.41) is 3.01. The molecular weight excluding hydrogens is 359 g/mol. The SMILES string of the molecule is O=C(CN1C(=O)/C(=C\c2cccc(F)c2)Oc2ccccc21)NC1CCCC1. The van der Waals surface area contributed by atoms with Crippen molar-refractivity contribution in [3.8, 4) is 5.75 Å². The van der Waals surface area contributed by atoms with Crippen molar-refractivity contribution in [2.24, 2.45) is 0 Å². The van der Waals surface area contributed by atoms with Crippen LogP contribution in [0.1, 0.15) is 31.2 Å². The maximum Gasteiger partial charge on any atom is 0.294 e. The molecule has 1 heterocycles. The van der Waals surface area contributed by atoms with Gasteiger partial charge in [-0.25, -0.2) is 4.39 Å². The zero-order chi connectivity index (χ0) is 19.5. The van der Waals surface area contributed by atoms with Gasteiger partial charge in [-0.1, -0.05) is 37.1 Å². The van der Waals surface area contributed by atoms with Gasteiger partial charge >= 0.3 is 0 Å². The number of amides is 2. The number of hydrogen-bond donors (Lipinski definition) is 1. The van der Waals surface area contributed by atoms with E-state index < -0.39 is 11.7 Å². The van der Waals surface area contributed by atoms with E-state index in [9.17, 15) is 14.0 Å². The molecule has 0 unspecified atom stereocenters. The molecule has 0 aromatic heterocycles. The number of fused-ring (bicyclic) bond motifs is 1. The van der Waals surface area contributed by atoms with Crippen LogP contribution in [0.5, 0.6) is 5.75 Å². The molecule has 2 aromatic carbocycles. The first-order valence-corrected chi connectivity index (χ1v) is 9.45. The minimum absolute atomic E-state index is 0.0537. The number of carbonyl (C=O) groups excluding carboxylic acids is 2. The zero-order valence-corrected chi connectivity index (χ0v) is 15.4. The van der Waals surface area contributed by atoms with E-state index in [0.717, 1.165) is 25.7 Å². The van der Waals surface area contributed by atoms with E-state index in [1.54, 1.807) is 36.4 Å². The number of nitrogens with zero attached hydrogens (tertiary/aromatic N) is 1. The van der Waals surface area contributed by atoms with Crippen LogP contribution < -0.4 is 15.0 Å². The lowest BCUT2D eigenvalue weighted by Crippen LogP contribution is -2.46. The molecule has 5 nitrogen and oxygen atoms in total. The van der Waals surface area contributed by atoms with Crippen LogP contribution in [0.3, 0.4) is 0 Å². The lowest BCUT2D eigenvalue weighted by atomic mass is 10.1. The molecule has 2 aliphatic rings. The molecule has 1 fully saturated rings. The number of rotatable bonds is 4. The Kier molecular flexibility index (Phi) is 5.10. The molecule has 0 atom stereocenters. The standard InChI is InChI=1S/C22H21FN2O3/c23-16-7-5-6-15(12-16)13-20-22(27)25(18-10-3-4-11-19(18)28-20)14-21(26)24-17-8-1-2-9-17/h3-7,10-13,17H,1-2,8-9,14H2,(H,24,26)/b20-13+. The van der Waals surface area contributed by atoms with E-state index >= 15 is 0 Å². The highest BCUT2D eigenvalue weighted by Crippen LogP contribution is 2.35. The van der Waals surface area contributed by atoms with Crippen LogP contribution in [0, 0.1) is 5.82 Å². The number of halogens is 1. The Morgan fingerprint density at radius 1 is 1.18 bits per heavy atom. The lowest BCUT2D eigenvalue weighted by Gasteiger charge is -2.30. The largest absolute Gasteiger partial charge is 0.449 e. The van der Waals surface area contributed by atoms with Gasteiger partial charge in [0, 0.05) is 6.04 Å². The van der Waals surface area contributed by atoms with Gasteiger partial charge in [-0.15, -0.1) is 0 Å². The summed E-state index contributed by atoms with van der Waals surface area (Å²) in [4.78, 5) is 26.9. The van der Waals surface area contributed by atoms with Crippen LogP contribution in [-0.2, 0) is 9.59 Å². The number of anilines is 1. The molecular formula is C22H21FN2O3. The molecule has 2 aromatic rings. The van der Waals surface area contributed by atoms with Crippen molar-refractivity contribution in [3.63, 3.8) is 0 Å². The number of hydrogen-bond acceptors (Lipinski definition) is 3. The third-order valence-electron chi connectivity index (χ3n) is 5.00. The number of carbonyl (C=O) groups is 2. The van der Waals surface area contributed by atoms with E-state index in [4.69, 9.17) is 4.74 Å².